The molecule has 0 unspecified atom stereocenters. The maximum Gasteiger partial charge on any atom is 0.287 e. The van der Waals surface area contributed by atoms with Crippen molar-refractivity contribution < 1.29 is 27.3 Å². The van der Waals surface area contributed by atoms with Gasteiger partial charge in [0.25, 0.3) is 11.6 Å². The lowest BCUT2D eigenvalue weighted by atomic mass is 9.76. The molecule has 2 N–H and O–H groups in total. The van der Waals surface area contributed by atoms with Crippen LogP contribution in [-0.4, -0.2) is 38.1 Å². The van der Waals surface area contributed by atoms with Crippen LogP contribution in [0, 0.1) is 22.5 Å². The average Bonchev–Trinajstić information content (AvgIpc) is 3.00. The van der Waals surface area contributed by atoms with Gasteiger partial charge in [-0.2, -0.15) is 0 Å². The summed E-state index contributed by atoms with van der Waals surface area (Å²) in [7, 11) is -3.98. The fourth-order valence-electron chi connectivity index (χ4n) is 3.59. The van der Waals surface area contributed by atoms with E-state index in [9.17, 15) is 28.1 Å². The molecule has 2 aromatic rings. The molecule has 11 heteroatoms. The van der Waals surface area contributed by atoms with Crippen LogP contribution >= 0.6 is 0 Å². The number of sulfonamides is 1. The van der Waals surface area contributed by atoms with E-state index < -0.39 is 20.9 Å². The standard InChI is InChI=1S/C20H23N3O7S/c1-12-17-15(24)10-20(2,3)11-16(17)30-18(12)19(25)21-7-8-22-31(28,29)14-6-4-5-13(9-14)23(26)27/h4-6,9,22H,7-8,10-11H2,1-3H3,(H,21,25). The number of ketones is 1. The molecule has 166 valence electrons. The number of furan rings is 1. The van der Waals surface area contributed by atoms with Crippen LogP contribution in [0.5, 0.6) is 0 Å². The van der Waals surface area contributed by atoms with Crippen molar-refractivity contribution in [1.29, 1.82) is 0 Å². The molecule has 1 aromatic carbocycles. The Morgan fingerprint density at radius 1 is 1.26 bits per heavy atom. The minimum atomic E-state index is -3.98. The van der Waals surface area contributed by atoms with Crippen molar-refractivity contribution in [2.75, 3.05) is 13.1 Å². The van der Waals surface area contributed by atoms with Crippen LogP contribution in [0.2, 0.25) is 0 Å². The van der Waals surface area contributed by atoms with Crippen molar-refractivity contribution in [2.45, 2.75) is 38.5 Å². The number of amides is 1. The number of fused-ring (bicyclic) bond motifs is 1. The summed E-state index contributed by atoms with van der Waals surface area (Å²) in [5.41, 5.74) is 0.347. The molecule has 0 radical (unpaired) electrons. The first-order valence-corrected chi connectivity index (χ1v) is 11.1. The van der Waals surface area contributed by atoms with Gasteiger partial charge in [-0.1, -0.05) is 19.9 Å². The van der Waals surface area contributed by atoms with Crippen LogP contribution in [0.4, 0.5) is 5.69 Å². The highest BCUT2D eigenvalue weighted by atomic mass is 32.2. The molecule has 1 aliphatic rings. The number of carbonyl (C=O) groups excluding carboxylic acids is 2. The molecule has 1 heterocycles. The number of hydrogen-bond acceptors (Lipinski definition) is 7. The van der Waals surface area contributed by atoms with Gasteiger partial charge >= 0.3 is 0 Å². The second-order valence-corrected chi connectivity index (χ2v) is 9.97. The maximum absolute atomic E-state index is 12.5. The zero-order valence-corrected chi connectivity index (χ0v) is 18.2. The van der Waals surface area contributed by atoms with Crippen molar-refractivity contribution in [3.8, 4) is 0 Å². The Morgan fingerprint density at radius 3 is 2.65 bits per heavy atom. The van der Waals surface area contributed by atoms with E-state index in [0.717, 1.165) is 6.07 Å². The van der Waals surface area contributed by atoms with Crippen molar-refractivity contribution in [3.63, 3.8) is 0 Å². The number of non-ortho nitro benzene ring substituents is 1. The lowest BCUT2D eigenvalue weighted by molar-refractivity contribution is -0.385. The Labute approximate surface area is 179 Å². The zero-order chi connectivity index (χ0) is 23.0. The Balaban J connectivity index is 1.62. The zero-order valence-electron chi connectivity index (χ0n) is 17.4. The molecule has 0 spiro atoms. The summed E-state index contributed by atoms with van der Waals surface area (Å²) in [6.07, 6.45) is 0.923. The third-order valence-electron chi connectivity index (χ3n) is 5.02. The van der Waals surface area contributed by atoms with Gasteiger partial charge < -0.3 is 9.73 Å². The Kier molecular flexibility index (Phi) is 6.01. The Hall–Kier alpha value is -3.05. The van der Waals surface area contributed by atoms with Crippen LogP contribution in [0.25, 0.3) is 0 Å². The third-order valence-corrected chi connectivity index (χ3v) is 6.48. The quantitative estimate of drug-likeness (QED) is 0.374. The largest absolute Gasteiger partial charge is 0.455 e. The summed E-state index contributed by atoms with van der Waals surface area (Å²) in [5.74, 6) is -0.0730. The van der Waals surface area contributed by atoms with Crippen LogP contribution in [0.15, 0.2) is 33.6 Å². The monoisotopic (exact) mass is 449 g/mol. The number of Topliss-reactive ketones (excluding diaryl/α,β-unsaturated/α-hetero) is 1. The van der Waals surface area contributed by atoms with E-state index >= 15 is 0 Å². The highest BCUT2D eigenvalue weighted by Gasteiger charge is 2.37. The molecular weight excluding hydrogens is 426 g/mol. The number of benzene rings is 1. The predicted molar refractivity (Wildman–Crippen MR) is 110 cm³/mol. The number of carbonyl (C=O) groups is 2. The first-order valence-electron chi connectivity index (χ1n) is 9.59. The summed E-state index contributed by atoms with van der Waals surface area (Å²) in [6, 6.07) is 4.66. The summed E-state index contributed by atoms with van der Waals surface area (Å²) in [4.78, 5) is 34.8. The van der Waals surface area contributed by atoms with E-state index in [4.69, 9.17) is 4.42 Å². The highest BCUT2D eigenvalue weighted by Crippen LogP contribution is 2.38. The molecule has 0 aliphatic heterocycles. The van der Waals surface area contributed by atoms with E-state index in [-0.39, 0.29) is 40.6 Å². The van der Waals surface area contributed by atoms with Crippen molar-refractivity contribution in [1.82, 2.24) is 10.0 Å². The fraction of sp³-hybridized carbons (Fsp3) is 0.400. The van der Waals surface area contributed by atoms with Gasteiger partial charge in [-0.05, 0) is 18.4 Å². The van der Waals surface area contributed by atoms with Crippen LogP contribution < -0.4 is 10.0 Å². The number of nitrogens with zero attached hydrogens (tertiary/aromatic N) is 1. The SMILES string of the molecule is Cc1c(C(=O)NCCNS(=O)(=O)c2cccc([N+](=O)[O-])c2)oc2c1C(=O)CC(C)(C)C2. The van der Waals surface area contributed by atoms with Gasteiger partial charge in [0, 0.05) is 43.6 Å². The van der Waals surface area contributed by atoms with E-state index in [1.165, 1.54) is 18.2 Å². The molecule has 0 saturated heterocycles. The highest BCUT2D eigenvalue weighted by molar-refractivity contribution is 7.89. The molecule has 0 atom stereocenters. The molecule has 31 heavy (non-hydrogen) atoms. The Morgan fingerprint density at radius 2 is 1.97 bits per heavy atom. The van der Waals surface area contributed by atoms with Gasteiger partial charge in [-0.3, -0.25) is 19.7 Å². The van der Waals surface area contributed by atoms with Gasteiger partial charge in [0.2, 0.25) is 10.0 Å². The molecule has 1 aromatic heterocycles. The molecule has 3 rings (SSSR count). The average molecular weight is 449 g/mol. The minimum absolute atomic E-state index is 0.0394. The van der Waals surface area contributed by atoms with E-state index in [1.54, 1.807) is 6.92 Å². The first-order chi connectivity index (χ1) is 14.4. The van der Waals surface area contributed by atoms with Gasteiger partial charge in [-0.15, -0.1) is 0 Å². The van der Waals surface area contributed by atoms with Gasteiger partial charge in [-0.25, -0.2) is 13.1 Å². The molecule has 10 nitrogen and oxygen atoms in total. The van der Waals surface area contributed by atoms with E-state index in [2.05, 4.69) is 10.0 Å². The summed E-state index contributed by atoms with van der Waals surface area (Å²) in [5, 5.41) is 13.4. The first kappa shape index (κ1) is 22.6. The van der Waals surface area contributed by atoms with E-state index in [0.29, 0.717) is 29.7 Å². The van der Waals surface area contributed by atoms with Crippen molar-refractivity contribution >= 4 is 27.4 Å². The minimum Gasteiger partial charge on any atom is -0.455 e. The maximum atomic E-state index is 12.5. The van der Waals surface area contributed by atoms with Crippen LogP contribution in [0.1, 0.15) is 52.5 Å². The van der Waals surface area contributed by atoms with Gasteiger partial charge in [0.05, 0.1) is 15.4 Å². The van der Waals surface area contributed by atoms with Gasteiger partial charge in [0.15, 0.2) is 11.5 Å². The van der Waals surface area contributed by atoms with Crippen LogP contribution in [-0.2, 0) is 16.4 Å². The topological polar surface area (TPSA) is 149 Å². The van der Waals surface area contributed by atoms with Gasteiger partial charge in [0.1, 0.15) is 5.76 Å². The number of hydrogen-bond donors (Lipinski definition) is 2. The summed E-state index contributed by atoms with van der Waals surface area (Å²) in [6.45, 7) is 5.38. The number of rotatable bonds is 7. The fourth-order valence-corrected chi connectivity index (χ4v) is 4.66. The summed E-state index contributed by atoms with van der Waals surface area (Å²) >= 11 is 0. The lowest BCUT2D eigenvalue weighted by Gasteiger charge is -2.27. The Bertz CT molecular complexity index is 1170. The molecule has 0 saturated carbocycles. The van der Waals surface area contributed by atoms with Crippen molar-refractivity contribution in [3.05, 3.63) is 57.0 Å². The van der Waals surface area contributed by atoms with Crippen molar-refractivity contribution in [2.24, 2.45) is 5.41 Å². The molecule has 0 bridgehead atoms. The number of nitro benzene ring substituents is 1. The third kappa shape index (κ3) is 4.83. The number of nitro groups is 1. The smallest absolute Gasteiger partial charge is 0.287 e. The van der Waals surface area contributed by atoms with Crippen LogP contribution in [0.3, 0.4) is 0 Å². The summed E-state index contributed by atoms with van der Waals surface area (Å²) < 4.78 is 32.6. The molecule has 1 amide bonds. The number of nitrogens with one attached hydrogen (secondary N) is 2. The molecule has 1 aliphatic carbocycles. The second-order valence-electron chi connectivity index (χ2n) is 8.20. The molecule has 0 fully saturated rings. The molecular formula is C20H23N3O7S. The predicted octanol–water partition coefficient (Wildman–Crippen LogP) is 2.36. The second kappa shape index (κ2) is 8.23. The lowest BCUT2D eigenvalue weighted by Crippen LogP contribution is -2.34. The van der Waals surface area contributed by atoms with E-state index in [1.807, 2.05) is 13.8 Å². The normalized spacial score (nSPS) is 15.4.